The number of esters is 1. The number of nitrogens with zero attached hydrogens (tertiary/aromatic N) is 1. The topological polar surface area (TPSA) is 74.3 Å². The second kappa shape index (κ2) is 10.8. The molecule has 0 spiro atoms. The van der Waals surface area contributed by atoms with Crippen LogP contribution in [0.4, 0.5) is 18.9 Å². The summed E-state index contributed by atoms with van der Waals surface area (Å²) in [4.78, 5) is 26.0. The third-order valence-electron chi connectivity index (χ3n) is 5.64. The van der Waals surface area contributed by atoms with Crippen molar-refractivity contribution in [3.63, 3.8) is 0 Å². The van der Waals surface area contributed by atoms with E-state index in [1.807, 2.05) is 13.0 Å². The van der Waals surface area contributed by atoms with Crippen LogP contribution in [0, 0.1) is 6.92 Å². The van der Waals surface area contributed by atoms with Crippen LogP contribution in [0.3, 0.4) is 0 Å². The molecule has 0 atom stereocenters. The van der Waals surface area contributed by atoms with Gasteiger partial charge in [-0.25, -0.2) is 4.79 Å². The van der Waals surface area contributed by atoms with Gasteiger partial charge in [-0.15, -0.1) is 13.2 Å². The lowest BCUT2D eigenvalue weighted by atomic mass is 10.0. The van der Waals surface area contributed by atoms with Crippen LogP contribution < -0.4 is 19.1 Å². The summed E-state index contributed by atoms with van der Waals surface area (Å²) in [6.07, 6.45) is -4.79. The van der Waals surface area contributed by atoms with E-state index < -0.39 is 12.3 Å². The molecule has 3 aromatic carbocycles. The smallest absolute Gasteiger partial charge is 0.489 e. The number of alkyl halides is 3. The lowest BCUT2D eigenvalue weighted by Crippen LogP contribution is -2.23. The van der Waals surface area contributed by atoms with Gasteiger partial charge in [-0.05, 0) is 79.1 Å². The zero-order chi connectivity index (χ0) is 26.6. The molecule has 4 rings (SSSR count). The van der Waals surface area contributed by atoms with Gasteiger partial charge in [0.25, 0.3) is 5.91 Å². The second-order valence-electron chi connectivity index (χ2n) is 8.19. The van der Waals surface area contributed by atoms with Crippen LogP contribution in [0.1, 0.15) is 34.0 Å². The number of carbonyl (C=O) groups excluding carboxylic acids is 2. The van der Waals surface area contributed by atoms with E-state index in [0.29, 0.717) is 22.7 Å². The van der Waals surface area contributed by atoms with Crippen LogP contribution in [0.25, 0.3) is 0 Å². The highest BCUT2D eigenvalue weighted by atomic mass is 19.4. The highest BCUT2D eigenvalue weighted by molar-refractivity contribution is 6.10. The maximum atomic E-state index is 13.0. The maximum absolute atomic E-state index is 13.0. The van der Waals surface area contributed by atoms with Gasteiger partial charge >= 0.3 is 12.3 Å². The first-order chi connectivity index (χ1) is 17.6. The van der Waals surface area contributed by atoms with E-state index in [9.17, 15) is 22.8 Å². The van der Waals surface area contributed by atoms with E-state index in [2.05, 4.69) is 4.74 Å². The number of hydrogen-bond donors (Lipinski definition) is 0. The van der Waals surface area contributed by atoms with Gasteiger partial charge in [0.05, 0.1) is 13.2 Å². The number of anilines is 1. The van der Waals surface area contributed by atoms with Gasteiger partial charge in [-0.1, -0.05) is 12.1 Å². The minimum atomic E-state index is -4.79. The minimum absolute atomic E-state index is 0.187. The molecule has 1 heterocycles. The minimum Gasteiger partial charge on any atom is -0.489 e. The van der Waals surface area contributed by atoms with Gasteiger partial charge in [0.2, 0.25) is 0 Å². The van der Waals surface area contributed by atoms with Crippen molar-refractivity contribution in [1.82, 2.24) is 0 Å². The number of aryl methyl sites for hydroxylation is 1. The van der Waals surface area contributed by atoms with E-state index >= 15 is 0 Å². The normalized spacial score (nSPS) is 12.8. The lowest BCUT2D eigenvalue weighted by Gasteiger charge is -2.17. The third kappa shape index (κ3) is 6.32. The Labute approximate surface area is 211 Å². The fourth-order valence-electron chi connectivity index (χ4n) is 3.94. The van der Waals surface area contributed by atoms with E-state index in [1.54, 1.807) is 37.3 Å². The predicted molar refractivity (Wildman–Crippen MR) is 128 cm³/mol. The van der Waals surface area contributed by atoms with Gasteiger partial charge in [0, 0.05) is 11.3 Å². The fourth-order valence-corrected chi connectivity index (χ4v) is 3.94. The van der Waals surface area contributed by atoms with Crippen molar-refractivity contribution in [1.29, 1.82) is 0 Å². The van der Waals surface area contributed by atoms with Crippen molar-refractivity contribution in [2.45, 2.75) is 33.4 Å². The molecule has 0 N–H and O–H groups in total. The van der Waals surface area contributed by atoms with Crippen molar-refractivity contribution in [3.8, 4) is 17.2 Å². The fraction of sp³-hybridized carbons (Fsp3) is 0.259. The average Bonchev–Trinajstić information content (AvgIpc) is 3.19. The van der Waals surface area contributed by atoms with E-state index in [-0.39, 0.29) is 38.0 Å². The van der Waals surface area contributed by atoms with Gasteiger partial charge < -0.3 is 23.8 Å². The molecule has 1 amide bonds. The van der Waals surface area contributed by atoms with Crippen molar-refractivity contribution in [2.75, 3.05) is 18.1 Å². The number of benzene rings is 3. The Morgan fingerprint density at radius 1 is 1.00 bits per heavy atom. The zero-order valence-corrected chi connectivity index (χ0v) is 20.1. The van der Waals surface area contributed by atoms with E-state index in [4.69, 9.17) is 14.2 Å². The lowest BCUT2D eigenvalue weighted by molar-refractivity contribution is -0.274. The Bertz CT molecular complexity index is 1290. The Hall–Kier alpha value is -4.21. The summed E-state index contributed by atoms with van der Waals surface area (Å²) in [5.41, 5.74) is 3.34. The van der Waals surface area contributed by atoms with Crippen LogP contribution in [0.2, 0.25) is 0 Å². The van der Waals surface area contributed by atoms with Crippen molar-refractivity contribution in [3.05, 3.63) is 82.9 Å². The first kappa shape index (κ1) is 25.9. The molecule has 1 aliphatic heterocycles. The molecule has 0 unspecified atom stereocenters. The Morgan fingerprint density at radius 2 is 1.73 bits per heavy atom. The molecule has 7 nitrogen and oxygen atoms in total. The average molecular weight is 515 g/mol. The highest BCUT2D eigenvalue weighted by Gasteiger charge is 2.32. The van der Waals surface area contributed by atoms with E-state index in [1.165, 1.54) is 29.2 Å². The first-order valence-electron chi connectivity index (χ1n) is 11.4. The maximum Gasteiger partial charge on any atom is 0.573 e. The summed E-state index contributed by atoms with van der Waals surface area (Å²) in [5.74, 6) is 0.0608. The molecular formula is C27H24F3NO6. The van der Waals surface area contributed by atoms with Crippen molar-refractivity contribution >= 4 is 17.6 Å². The molecule has 37 heavy (non-hydrogen) atoms. The molecule has 0 saturated carbocycles. The quantitative estimate of drug-likeness (QED) is 0.347. The number of amides is 1. The molecule has 3 aromatic rings. The Morgan fingerprint density at radius 3 is 2.41 bits per heavy atom. The van der Waals surface area contributed by atoms with E-state index in [0.717, 1.165) is 16.7 Å². The van der Waals surface area contributed by atoms with Gasteiger partial charge in [-0.3, -0.25) is 4.79 Å². The SMILES string of the molecule is CCOC(=O)COc1ccc(OCc2cccc3c2CN(c2ccc(OC(F)(F)F)cc2)C3=O)cc1C. The number of carbonyl (C=O) groups is 2. The third-order valence-corrected chi connectivity index (χ3v) is 5.64. The first-order valence-corrected chi connectivity index (χ1v) is 11.4. The molecule has 0 saturated heterocycles. The standard InChI is InChI=1S/C27H24F3NO6/c1-3-34-25(32)16-36-24-12-11-21(13-17(24)2)35-15-18-5-4-6-22-23(18)14-31(26(22)33)19-7-9-20(10-8-19)37-27(28,29)30/h4-13H,3,14-16H2,1-2H3. The molecule has 0 aromatic heterocycles. The Balaban J connectivity index is 1.42. The van der Waals surface area contributed by atoms with Crippen LogP contribution in [0.5, 0.6) is 17.2 Å². The summed E-state index contributed by atoms with van der Waals surface area (Å²) in [6, 6.07) is 15.7. The number of fused-ring (bicyclic) bond motifs is 1. The highest BCUT2D eigenvalue weighted by Crippen LogP contribution is 2.33. The summed E-state index contributed by atoms with van der Waals surface area (Å²) in [7, 11) is 0. The summed E-state index contributed by atoms with van der Waals surface area (Å²) in [6.45, 7) is 4.10. The molecule has 0 fully saturated rings. The van der Waals surface area contributed by atoms with Crippen LogP contribution in [0.15, 0.2) is 60.7 Å². The molecule has 0 bridgehead atoms. The number of ether oxygens (including phenoxy) is 4. The summed E-state index contributed by atoms with van der Waals surface area (Å²) >= 11 is 0. The van der Waals surface area contributed by atoms with Gasteiger partial charge in [0.1, 0.15) is 23.9 Å². The molecule has 194 valence electrons. The van der Waals surface area contributed by atoms with Gasteiger partial charge in [0.15, 0.2) is 6.61 Å². The number of rotatable bonds is 9. The molecular weight excluding hydrogens is 491 g/mol. The molecule has 10 heteroatoms. The predicted octanol–water partition coefficient (Wildman–Crippen LogP) is 5.57. The summed E-state index contributed by atoms with van der Waals surface area (Å²) in [5, 5.41) is 0. The Kier molecular flexibility index (Phi) is 7.56. The van der Waals surface area contributed by atoms with Crippen molar-refractivity contribution < 1.29 is 41.7 Å². The zero-order valence-electron chi connectivity index (χ0n) is 20.1. The summed E-state index contributed by atoms with van der Waals surface area (Å²) < 4.78 is 57.5. The second-order valence-corrected chi connectivity index (χ2v) is 8.19. The number of hydrogen-bond acceptors (Lipinski definition) is 6. The van der Waals surface area contributed by atoms with Crippen LogP contribution in [-0.2, 0) is 22.7 Å². The monoisotopic (exact) mass is 515 g/mol. The molecule has 0 aliphatic carbocycles. The van der Waals surface area contributed by atoms with Gasteiger partial charge in [-0.2, -0.15) is 0 Å². The van der Waals surface area contributed by atoms with Crippen LogP contribution in [-0.4, -0.2) is 31.5 Å². The number of halogens is 3. The van der Waals surface area contributed by atoms with Crippen LogP contribution >= 0.6 is 0 Å². The molecule has 0 radical (unpaired) electrons. The molecule has 1 aliphatic rings. The van der Waals surface area contributed by atoms with Crippen molar-refractivity contribution in [2.24, 2.45) is 0 Å². The largest absolute Gasteiger partial charge is 0.573 e.